The number of aromatic nitrogens is 3. The number of amides is 2. The molecule has 4 rings (SSSR count). The number of carbonyl (C=O) groups excluding carboxylic acids is 2. The van der Waals surface area contributed by atoms with Crippen LogP contribution in [0, 0.1) is 5.92 Å². The maximum absolute atomic E-state index is 12.6. The van der Waals surface area contributed by atoms with Gasteiger partial charge in [-0.1, -0.05) is 0 Å². The fraction of sp³-hybridized carbons (Fsp3) is 0.526. The Kier molecular flexibility index (Phi) is 5.42. The van der Waals surface area contributed by atoms with Crippen LogP contribution in [-0.2, 0) is 11.2 Å². The molecule has 0 radical (unpaired) electrons. The third-order valence-corrected chi connectivity index (χ3v) is 6.09. The van der Waals surface area contributed by atoms with E-state index in [2.05, 4.69) is 20.7 Å². The highest BCUT2D eigenvalue weighted by molar-refractivity contribution is 7.09. The molecular formula is C19H23N5O2S. The molecule has 7 nitrogen and oxygen atoms in total. The van der Waals surface area contributed by atoms with E-state index in [9.17, 15) is 9.59 Å². The highest BCUT2D eigenvalue weighted by atomic mass is 32.1. The lowest BCUT2D eigenvalue weighted by Gasteiger charge is -2.31. The molecule has 8 heteroatoms. The number of piperidine rings is 1. The van der Waals surface area contributed by atoms with E-state index in [0.29, 0.717) is 18.8 Å². The minimum absolute atomic E-state index is 0.0626. The summed E-state index contributed by atoms with van der Waals surface area (Å²) in [5.41, 5.74) is 1.41. The molecule has 1 aliphatic heterocycles. The summed E-state index contributed by atoms with van der Waals surface area (Å²) in [6.07, 6.45) is 9.44. The minimum Gasteiger partial charge on any atom is -0.355 e. The van der Waals surface area contributed by atoms with Gasteiger partial charge in [-0.15, -0.1) is 11.3 Å². The lowest BCUT2D eigenvalue weighted by Crippen LogP contribution is -2.39. The Balaban J connectivity index is 1.32. The summed E-state index contributed by atoms with van der Waals surface area (Å²) in [6, 6.07) is 0. The lowest BCUT2D eigenvalue weighted by atomic mass is 9.98. The minimum atomic E-state index is -0.0626. The molecule has 1 aliphatic carbocycles. The van der Waals surface area contributed by atoms with Gasteiger partial charge in [-0.25, -0.2) is 9.97 Å². The zero-order valence-corrected chi connectivity index (χ0v) is 16.0. The van der Waals surface area contributed by atoms with Gasteiger partial charge in [-0.3, -0.25) is 14.6 Å². The van der Waals surface area contributed by atoms with Crippen molar-refractivity contribution in [3.05, 3.63) is 40.4 Å². The SMILES string of the molecule is O=C(NCCc1csc(C2CCCN(C(=O)c3cnccn3)C2)n1)C1CC1. The van der Waals surface area contributed by atoms with Gasteiger partial charge in [0.15, 0.2) is 0 Å². The monoisotopic (exact) mass is 385 g/mol. The molecule has 2 fully saturated rings. The third kappa shape index (κ3) is 4.50. The highest BCUT2D eigenvalue weighted by Gasteiger charge is 2.29. The number of hydrogen-bond donors (Lipinski definition) is 1. The number of nitrogens with one attached hydrogen (secondary N) is 1. The van der Waals surface area contributed by atoms with Crippen LogP contribution >= 0.6 is 11.3 Å². The molecule has 0 spiro atoms. The second kappa shape index (κ2) is 8.12. The van der Waals surface area contributed by atoms with E-state index < -0.39 is 0 Å². The van der Waals surface area contributed by atoms with Crippen molar-refractivity contribution in [1.82, 2.24) is 25.2 Å². The third-order valence-electron chi connectivity index (χ3n) is 5.04. The molecule has 2 amide bonds. The predicted octanol–water partition coefficient (Wildman–Crippen LogP) is 2.02. The molecule has 0 aromatic carbocycles. The van der Waals surface area contributed by atoms with Gasteiger partial charge in [0.1, 0.15) is 5.69 Å². The van der Waals surface area contributed by atoms with Crippen molar-refractivity contribution >= 4 is 23.2 Å². The Labute approximate surface area is 162 Å². The first-order chi connectivity index (χ1) is 13.2. The predicted molar refractivity (Wildman–Crippen MR) is 101 cm³/mol. The fourth-order valence-corrected chi connectivity index (χ4v) is 4.35. The van der Waals surface area contributed by atoms with Crippen molar-refractivity contribution in [2.24, 2.45) is 5.92 Å². The number of thiazole rings is 1. The van der Waals surface area contributed by atoms with Crippen LogP contribution in [0.1, 0.15) is 52.8 Å². The molecule has 2 aliphatic rings. The Hall–Kier alpha value is -2.35. The first-order valence-corrected chi connectivity index (χ1v) is 10.4. The van der Waals surface area contributed by atoms with Crippen molar-refractivity contribution in [2.75, 3.05) is 19.6 Å². The highest BCUT2D eigenvalue weighted by Crippen LogP contribution is 2.30. The van der Waals surface area contributed by atoms with Crippen LogP contribution < -0.4 is 5.32 Å². The lowest BCUT2D eigenvalue weighted by molar-refractivity contribution is -0.122. The smallest absolute Gasteiger partial charge is 0.274 e. The first kappa shape index (κ1) is 18.0. The maximum atomic E-state index is 12.6. The Morgan fingerprint density at radius 3 is 2.93 bits per heavy atom. The Morgan fingerprint density at radius 1 is 1.26 bits per heavy atom. The van der Waals surface area contributed by atoms with E-state index in [1.54, 1.807) is 23.7 Å². The summed E-state index contributed by atoms with van der Waals surface area (Å²) in [5, 5.41) is 6.13. The summed E-state index contributed by atoms with van der Waals surface area (Å²) in [4.78, 5) is 39.0. The number of nitrogens with zero attached hydrogens (tertiary/aromatic N) is 4. The molecule has 1 saturated heterocycles. The molecule has 142 valence electrons. The van der Waals surface area contributed by atoms with E-state index in [1.165, 1.54) is 6.20 Å². The molecule has 3 heterocycles. The number of carbonyl (C=O) groups is 2. The van der Waals surface area contributed by atoms with Gasteiger partial charge in [0.05, 0.1) is 16.9 Å². The quantitative estimate of drug-likeness (QED) is 0.822. The van der Waals surface area contributed by atoms with Crippen LogP contribution in [0.3, 0.4) is 0 Å². The van der Waals surface area contributed by atoms with Crippen LogP contribution in [0.5, 0.6) is 0 Å². The Morgan fingerprint density at radius 2 is 2.15 bits per heavy atom. The fourth-order valence-electron chi connectivity index (χ4n) is 3.36. The van der Waals surface area contributed by atoms with Crippen molar-refractivity contribution in [2.45, 2.75) is 38.0 Å². The molecular weight excluding hydrogens is 362 g/mol. The van der Waals surface area contributed by atoms with E-state index in [0.717, 1.165) is 49.4 Å². The van der Waals surface area contributed by atoms with Crippen LogP contribution in [0.2, 0.25) is 0 Å². The molecule has 27 heavy (non-hydrogen) atoms. The number of likely N-dealkylation sites (tertiary alicyclic amines) is 1. The number of hydrogen-bond acceptors (Lipinski definition) is 6. The van der Waals surface area contributed by atoms with E-state index in [-0.39, 0.29) is 23.7 Å². The molecule has 2 aromatic heterocycles. The average Bonchev–Trinajstić information content (AvgIpc) is 3.47. The zero-order valence-electron chi connectivity index (χ0n) is 15.1. The summed E-state index contributed by atoms with van der Waals surface area (Å²) in [5.74, 6) is 0.624. The van der Waals surface area contributed by atoms with E-state index in [1.807, 2.05) is 4.90 Å². The van der Waals surface area contributed by atoms with Crippen molar-refractivity contribution in [3.8, 4) is 0 Å². The molecule has 2 aromatic rings. The summed E-state index contributed by atoms with van der Waals surface area (Å²) in [6.45, 7) is 2.05. The van der Waals surface area contributed by atoms with Crippen LogP contribution in [0.4, 0.5) is 0 Å². The van der Waals surface area contributed by atoms with Crippen molar-refractivity contribution in [3.63, 3.8) is 0 Å². The molecule has 1 N–H and O–H groups in total. The Bertz CT molecular complexity index is 805. The van der Waals surface area contributed by atoms with Gasteiger partial charge < -0.3 is 10.2 Å². The van der Waals surface area contributed by atoms with Crippen molar-refractivity contribution < 1.29 is 9.59 Å². The van der Waals surface area contributed by atoms with E-state index in [4.69, 9.17) is 4.98 Å². The van der Waals surface area contributed by atoms with Gasteiger partial charge in [0.25, 0.3) is 5.91 Å². The molecule has 1 unspecified atom stereocenters. The summed E-state index contributed by atoms with van der Waals surface area (Å²) >= 11 is 1.65. The van der Waals surface area contributed by atoms with Crippen LogP contribution in [-0.4, -0.2) is 51.3 Å². The largest absolute Gasteiger partial charge is 0.355 e. The van der Waals surface area contributed by atoms with Crippen molar-refractivity contribution in [1.29, 1.82) is 0 Å². The zero-order chi connectivity index (χ0) is 18.6. The van der Waals surface area contributed by atoms with Crippen LogP contribution in [0.25, 0.3) is 0 Å². The normalized spacial score (nSPS) is 19.7. The van der Waals surface area contributed by atoms with Gasteiger partial charge in [0, 0.05) is 55.7 Å². The summed E-state index contributed by atoms with van der Waals surface area (Å²) < 4.78 is 0. The van der Waals surface area contributed by atoms with Crippen LogP contribution in [0.15, 0.2) is 24.0 Å². The van der Waals surface area contributed by atoms with Gasteiger partial charge in [-0.2, -0.15) is 0 Å². The second-order valence-electron chi connectivity index (χ2n) is 7.17. The van der Waals surface area contributed by atoms with E-state index >= 15 is 0 Å². The second-order valence-corrected chi connectivity index (χ2v) is 8.06. The molecule has 0 bridgehead atoms. The molecule has 1 saturated carbocycles. The first-order valence-electron chi connectivity index (χ1n) is 9.48. The summed E-state index contributed by atoms with van der Waals surface area (Å²) in [7, 11) is 0. The molecule has 1 atom stereocenters. The average molecular weight is 385 g/mol. The maximum Gasteiger partial charge on any atom is 0.274 e. The van der Waals surface area contributed by atoms with Gasteiger partial charge in [0.2, 0.25) is 5.91 Å². The number of rotatable bonds is 6. The standard InChI is InChI=1S/C19H23N5O2S/c25-17(13-3-4-13)22-6-5-15-12-27-18(23-15)14-2-1-9-24(11-14)19(26)16-10-20-7-8-21-16/h7-8,10,12-14H,1-6,9,11H2,(H,22,25). The van der Waals surface area contributed by atoms with Gasteiger partial charge in [-0.05, 0) is 25.7 Å². The topological polar surface area (TPSA) is 88.1 Å². The van der Waals surface area contributed by atoms with Gasteiger partial charge >= 0.3 is 0 Å².